The Balaban J connectivity index is 1.74. The van der Waals surface area contributed by atoms with E-state index in [1.54, 1.807) is 15.6 Å². The Morgan fingerprint density at radius 1 is 1.12 bits per heavy atom. The number of hydrogen-bond donors (Lipinski definition) is 1. The Kier molecular flexibility index (Phi) is 5.61. The monoisotopic (exact) mass is 485 g/mol. The molecule has 1 aromatic carbocycles. The molecule has 130 valence electrons. The fourth-order valence-electron chi connectivity index (χ4n) is 2.22. The number of benzene rings is 1. The van der Waals surface area contributed by atoms with Crippen molar-refractivity contribution in [1.82, 2.24) is 19.6 Å². The Labute approximate surface area is 166 Å². The van der Waals surface area contributed by atoms with Gasteiger partial charge < -0.3 is 5.32 Å². The van der Waals surface area contributed by atoms with Gasteiger partial charge in [0, 0.05) is 24.0 Å². The lowest BCUT2D eigenvalue weighted by Crippen LogP contribution is -2.15. The fourth-order valence-corrected chi connectivity index (χ4v) is 3.26. The second-order valence-corrected chi connectivity index (χ2v) is 7.43. The number of hydrogen-bond acceptors (Lipinski definition) is 3. The van der Waals surface area contributed by atoms with Crippen molar-refractivity contribution < 1.29 is 4.79 Å². The van der Waals surface area contributed by atoms with Gasteiger partial charge in [0.05, 0.1) is 15.5 Å². The van der Waals surface area contributed by atoms with Crippen molar-refractivity contribution in [2.45, 2.75) is 20.0 Å². The number of aryl methyl sites for hydroxylation is 1. The molecule has 0 saturated heterocycles. The third-order valence-corrected chi connectivity index (χ3v) is 4.88. The number of carbonyl (C=O) groups is 1. The molecule has 0 aliphatic carbocycles. The van der Waals surface area contributed by atoms with Gasteiger partial charge in [-0.25, -0.2) is 0 Å². The first-order valence-electron chi connectivity index (χ1n) is 7.48. The quantitative estimate of drug-likeness (QED) is 0.573. The summed E-state index contributed by atoms with van der Waals surface area (Å²) in [5.74, 6) is 0.119. The molecule has 0 unspecified atom stereocenters. The van der Waals surface area contributed by atoms with Crippen molar-refractivity contribution in [1.29, 1.82) is 0 Å². The van der Waals surface area contributed by atoms with E-state index in [-0.39, 0.29) is 5.91 Å². The molecule has 1 N–H and O–H groups in total. The van der Waals surface area contributed by atoms with Crippen molar-refractivity contribution in [3.8, 4) is 0 Å². The van der Waals surface area contributed by atoms with Crippen molar-refractivity contribution in [2.75, 3.05) is 5.32 Å². The second-order valence-electron chi connectivity index (χ2n) is 5.29. The Morgan fingerprint density at radius 2 is 1.80 bits per heavy atom. The van der Waals surface area contributed by atoms with E-state index in [0.29, 0.717) is 38.6 Å². The van der Waals surface area contributed by atoms with E-state index in [0.717, 1.165) is 5.56 Å². The molecule has 0 fully saturated rings. The minimum Gasteiger partial charge on any atom is -0.303 e. The standard InChI is InChI=1S/C16H14Br2ClN5O/c1-2-23-8-12(17)14(21-23)16(25)20-15-13(18)9-24(22-15)7-10-3-5-11(19)6-4-10/h3-6,8-9H,2,7H2,1H3,(H,20,22,25). The molecule has 0 atom stereocenters. The maximum Gasteiger partial charge on any atom is 0.278 e. The van der Waals surface area contributed by atoms with Crippen LogP contribution in [-0.4, -0.2) is 25.5 Å². The van der Waals surface area contributed by atoms with Crippen LogP contribution in [0.25, 0.3) is 0 Å². The Bertz CT molecular complexity index is 904. The van der Waals surface area contributed by atoms with Crippen LogP contribution < -0.4 is 5.32 Å². The lowest BCUT2D eigenvalue weighted by molar-refractivity contribution is 0.102. The summed E-state index contributed by atoms with van der Waals surface area (Å²) in [5.41, 5.74) is 1.38. The van der Waals surface area contributed by atoms with Gasteiger partial charge in [0.15, 0.2) is 11.5 Å². The highest BCUT2D eigenvalue weighted by Gasteiger charge is 2.18. The van der Waals surface area contributed by atoms with Gasteiger partial charge >= 0.3 is 0 Å². The van der Waals surface area contributed by atoms with Gasteiger partial charge in [0.25, 0.3) is 5.91 Å². The van der Waals surface area contributed by atoms with Crippen LogP contribution in [0.5, 0.6) is 0 Å². The van der Waals surface area contributed by atoms with E-state index in [9.17, 15) is 4.79 Å². The molecule has 2 aromatic heterocycles. The molecule has 0 aliphatic rings. The highest BCUT2D eigenvalue weighted by atomic mass is 79.9. The van der Waals surface area contributed by atoms with Gasteiger partial charge in [-0.1, -0.05) is 23.7 Å². The zero-order valence-corrected chi connectivity index (χ0v) is 17.1. The molecule has 0 radical (unpaired) electrons. The van der Waals surface area contributed by atoms with E-state index in [4.69, 9.17) is 11.6 Å². The minimum absolute atomic E-state index is 0.320. The van der Waals surface area contributed by atoms with Crippen LogP contribution in [0.3, 0.4) is 0 Å². The fraction of sp³-hybridized carbons (Fsp3) is 0.188. The van der Waals surface area contributed by atoms with Crippen molar-refractivity contribution in [3.63, 3.8) is 0 Å². The number of carbonyl (C=O) groups excluding carboxylic acids is 1. The van der Waals surface area contributed by atoms with E-state index < -0.39 is 0 Å². The summed E-state index contributed by atoms with van der Waals surface area (Å²) in [6, 6.07) is 7.54. The normalized spacial score (nSPS) is 10.9. The molecule has 0 aliphatic heterocycles. The molecule has 0 spiro atoms. The van der Waals surface area contributed by atoms with Crippen molar-refractivity contribution in [3.05, 3.63) is 61.9 Å². The van der Waals surface area contributed by atoms with Gasteiger partial charge in [0.1, 0.15) is 0 Å². The molecule has 6 nitrogen and oxygen atoms in total. The molecular formula is C16H14Br2ClN5O. The Hall–Kier alpha value is -1.64. The lowest BCUT2D eigenvalue weighted by atomic mass is 10.2. The summed E-state index contributed by atoms with van der Waals surface area (Å²) in [7, 11) is 0. The van der Waals surface area contributed by atoms with Gasteiger partial charge in [-0.05, 0) is 56.5 Å². The van der Waals surface area contributed by atoms with Gasteiger partial charge in [-0.3, -0.25) is 14.2 Å². The minimum atomic E-state index is -0.323. The number of anilines is 1. The van der Waals surface area contributed by atoms with Crippen LogP contribution >= 0.6 is 43.5 Å². The van der Waals surface area contributed by atoms with E-state index in [1.807, 2.05) is 37.4 Å². The average molecular weight is 488 g/mol. The highest BCUT2D eigenvalue weighted by Crippen LogP contribution is 2.23. The molecule has 1 amide bonds. The summed E-state index contributed by atoms with van der Waals surface area (Å²) < 4.78 is 4.76. The van der Waals surface area contributed by atoms with Gasteiger partial charge in [-0.15, -0.1) is 0 Å². The smallest absolute Gasteiger partial charge is 0.278 e. The number of nitrogens with zero attached hydrogens (tertiary/aromatic N) is 4. The SMILES string of the molecule is CCn1cc(Br)c(C(=O)Nc2nn(Cc3ccc(Cl)cc3)cc2Br)n1. The first kappa shape index (κ1) is 18.2. The number of rotatable bonds is 5. The summed E-state index contributed by atoms with van der Waals surface area (Å²) in [5, 5.41) is 12.1. The van der Waals surface area contributed by atoms with Crippen molar-refractivity contribution >= 4 is 55.2 Å². The molecule has 0 bridgehead atoms. The number of aromatic nitrogens is 4. The maximum atomic E-state index is 12.4. The topological polar surface area (TPSA) is 64.7 Å². The molecule has 0 saturated carbocycles. The molecular weight excluding hydrogens is 473 g/mol. The van der Waals surface area contributed by atoms with Gasteiger partial charge in [-0.2, -0.15) is 10.2 Å². The molecule has 3 aromatic rings. The van der Waals surface area contributed by atoms with Crippen LogP contribution in [-0.2, 0) is 13.1 Å². The van der Waals surface area contributed by atoms with Crippen molar-refractivity contribution in [2.24, 2.45) is 0 Å². The third-order valence-electron chi connectivity index (χ3n) is 3.46. The number of nitrogens with one attached hydrogen (secondary N) is 1. The predicted octanol–water partition coefficient (Wildman–Crippen LogP) is 4.58. The Morgan fingerprint density at radius 3 is 2.44 bits per heavy atom. The van der Waals surface area contributed by atoms with Crippen LogP contribution in [0, 0.1) is 0 Å². The van der Waals surface area contributed by atoms with Crippen LogP contribution in [0.1, 0.15) is 23.0 Å². The lowest BCUT2D eigenvalue weighted by Gasteiger charge is -2.02. The van der Waals surface area contributed by atoms with Crippen LogP contribution in [0.15, 0.2) is 45.6 Å². The highest BCUT2D eigenvalue weighted by molar-refractivity contribution is 9.11. The van der Waals surface area contributed by atoms with E-state index in [2.05, 4.69) is 47.4 Å². The summed E-state index contributed by atoms with van der Waals surface area (Å²) in [6.07, 6.45) is 3.58. The largest absolute Gasteiger partial charge is 0.303 e. The first-order valence-corrected chi connectivity index (χ1v) is 9.44. The summed E-state index contributed by atoms with van der Waals surface area (Å²) in [4.78, 5) is 12.4. The third kappa shape index (κ3) is 4.31. The van der Waals surface area contributed by atoms with Gasteiger partial charge in [0.2, 0.25) is 0 Å². The number of amides is 1. The predicted molar refractivity (Wildman–Crippen MR) is 104 cm³/mol. The average Bonchev–Trinajstić information content (AvgIpc) is 3.12. The molecule has 2 heterocycles. The molecule has 3 rings (SSSR count). The summed E-state index contributed by atoms with van der Waals surface area (Å²) >= 11 is 12.7. The maximum absolute atomic E-state index is 12.4. The summed E-state index contributed by atoms with van der Waals surface area (Å²) in [6.45, 7) is 3.21. The zero-order chi connectivity index (χ0) is 18.0. The van der Waals surface area contributed by atoms with E-state index >= 15 is 0 Å². The van der Waals surface area contributed by atoms with Crippen LogP contribution in [0.4, 0.5) is 5.82 Å². The first-order chi connectivity index (χ1) is 12.0. The number of halogens is 3. The second kappa shape index (κ2) is 7.72. The molecule has 25 heavy (non-hydrogen) atoms. The zero-order valence-electron chi connectivity index (χ0n) is 13.2. The molecule has 9 heteroatoms. The van der Waals surface area contributed by atoms with E-state index in [1.165, 1.54) is 0 Å². The van der Waals surface area contributed by atoms with Crippen LogP contribution in [0.2, 0.25) is 5.02 Å².